The highest BCUT2D eigenvalue weighted by Crippen LogP contribution is 2.37. The lowest BCUT2D eigenvalue weighted by Crippen LogP contribution is -2.46. The first kappa shape index (κ1) is 24.6. The molecule has 2 aromatic rings. The SMILES string of the molecule is COC(=O)N1CCO[C@@H](Cc2c(C3=C(F)CC(=NS(=O)(=O)C4CC4)C=C3F)nc3cc(C)ccn23)C1. The van der Waals surface area contributed by atoms with Crippen LogP contribution in [0.15, 0.2) is 40.5 Å². The molecule has 192 valence electrons. The molecule has 0 bridgehead atoms. The third-order valence-corrected chi connectivity index (χ3v) is 8.24. The van der Waals surface area contributed by atoms with Crippen LogP contribution in [0, 0.1) is 6.92 Å². The number of pyridine rings is 1. The Bertz CT molecular complexity index is 1430. The molecular formula is C24H26F2N4O5S. The quantitative estimate of drug-likeness (QED) is 0.598. The zero-order valence-electron chi connectivity index (χ0n) is 19.9. The van der Waals surface area contributed by atoms with E-state index in [0.29, 0.717) is 37.3 Å². The second-order valence-electron chi connectivity index (χ2n) is 9.20. The summed E-state index contributed by atoms with van der Waals surface area (Å²) in [5.41, 5.74) is 1.55. The number of aromatic nitrogens is 2. The molecule has 1 aliphatic heterocycles. The van der Waals surface area contributed by atoms with Gasteiger partial charge in [-0.25, -0.2) is 27.0 Å². The predicted octanol–water partition coefficient (Wildman–Crippen LogP) is 3.52. The van der Waals surface area contributed by atoms with Crippen LogP contribution in [0.4, 0.5) is 13.6 Å². The van der Waals surface area contributed by atoms with E-state index < -0.39 is 45.5 Å². The van der Waals surface area contributed by atoms with Crippen LogP contribution in [0.2, 0.25) is 0 Å². The van der Waals surface area contributed by atoms with Crippen LogP contribution >= 0.6 is 0 Å². The highest BCUT2D eigenvalue weighted by atomic mass is 32.2. The fraction of sp³-hybridized carbons (Fsp3) is 0.458. The van der Waals surface area contributed by atoms with Crippen LogP contribution in [0.3, 0.4) is 0 Å². The summed E-state index contributed by atoms with van der Waals surface area (Å²) < 4.78 is 71.2. The summed E-state index contributed by atoms with van der Waals surface area (Å²) in [6.45, 7) is 2.81. The number of imidazole rings is 1. The van der Waals surface area contributed by atoms with E-state index in [-0.39, 0.29) is 29.9 Å². The minimum Gasteiger partial charge on any atom is -0.453 e. The standard InChI is InChI=1S/C24H26F2N4O5S/c1-14-5-6-30-20(12-16-13-29(7-8-35-16)24(31)34-2)23(27-21(30)9-14)22-18(25)10-15(11-19(22)26)28-36(32,33)17-3-4-17/h5-6,9-10,16-17H,3-4,7-8,11-13H2,1-2H3/t16-/m0/s1. The largest absolute Gasteiger partial charge is 0.453 e. The Hall–Kier alpha value is -3.12. The van der Waals surface area contributed by atoms with Gasteiger partial charge in [0.05, 0.1) is 54.3 Å². The van der Waals surface area contributed by atoms with Crippen LogP contribution in [0.1, 0.15) is 36.2 Å². The number of sulfonamides is 1. The maximum Gasteiger partial charge on any atom is 0.409 e. The van der Waals surface area contributed by atoms with E-state index in [1.54, 1.807) is 16.7 Å². The van der Waals surface area contributed by atoms with Gasteiger partial charge in [0, 0.05) is 25.6 Å². The zero-order chi connectivity index (χ0) is 25.6. The molecule has 0 unspecified atom stereocenters. The van der Waals surface area contributed by atoms with Gasteiger partial charge in [-0.15, -0.1) is 0 Å². The van der Waals surface area contributed by atoms with Crippen LogP contribution in [0.25, 0.3) is 11.2 Å². The fourth-order valence-corrected chi connectivity index (χ4v) is 5.82. The maximum atomic E-state index is 15.4. The Morgan fingerprint density at radius 3 is 2.81 bits per heavy atom. The van der Waals surface area contributed by atoms with Crippen molar-refractivity contribution in [2.45, 2.75) is 44.0 Å². The molecule has 2 aromatic heterocycles. The molecule has 1 amide bonds. The molecule has 3 heterocycles. The number of hydrogen-bond donors (Lipinski definition) is 0. The van der Waals surface area contributed by atoms with Gasteiger partial charge in [-0.3, -0.25) is 0 Å². The molecule has 0 spiro atoms. The number of allylic oxidation sites excluding steroid dienone is 4. The normalized spacial score (nSPS) is 22.3. The maximum absolute atomic E-state index is 15.4. The van der Waals surface area contributed by atoms with Gasteiger partial charge in [-0.1, -0.05) is 0 Å². The number of nitrogens with zero attached hydrogens (tertiary/aromatic N) is 4. The monoisotopic (exact) mass is 520 g/mol. The third-order valence-electron chi connectivity index (χ3n) is 6.44. The third kappa shape index (κ3) is 4.79. The number of rotatable bonds is 5. The Morgan fingerprint density at radius 2 is 2.11 bits per heavy atom. The number of fused-ring (bicyclic) bond motifs is 1. The molecule has 0 radical (unpaired) electrons. The van der Waals surface area contributed by atoms with Gasteiger partial charge in [0.15, 0.2) is 0 Å². The number of halogens is 2. The lowest BCUT2D eigenvalue weighted by molar-refractivity contribution is -0.0242. The van der Waals surface area contributed by atoms with Crippen molar-refractivity contribution in [1.82, 2.24) is 14.3 Å². The first-order chi connectivity index (χ1) is 17.2. The second kappa shape index (κ2) is 9.40. The Morgan fingerprint density at radius 1 is 1.33 bits per heavy atom. The summed E-state index contributed by atoms with van der Waals surface area (Å²) in [5.74, 6) is -1.78. The Labute approximate surface area is 207 Å². The molecule has 9 nitrogen and oxygen atoms in total. The smallest absolute Gasteiger partial charge is 0.409 e. The number of carbonyl (C=O) groups is 1. The molecule has 1 saturated carbocycles. The lowest BCUT2D eigenvalue weighted by Gasteiger charge is -2.32. The van der Waals surface area contributed by atoms with Crippen molar-refractivity contribution in [1.29, 1.82) is 0 Å². The van der Waals surface area contributed by atoms with Gasteiger partial charge in [0.25, 0.3) is 10.0 Å². The molecule has 5 rings (SSSR count). The topological polar surface area (TPSA) is 103 Å². The summed E-state index contributed by atoms with van der Waals surface area (Å²) in [4.78, 5) is 18.1. The molecule has 1 atom stereocenters. The van der Waals surface area contributed by atoms with Crippen molar-refractivity contribution in [3.8, 4) is 0 Å². The zero-order valence-corrected chi connectivity index (χ0v) is 20.7. The highest BCUT2D eigenvalue weighted by Gasteiger charge is 2.37. The molecular weight excluding hydrogens is 494 g/mol. The van der Waals surface area contributed by atoms with E-state index in [2.05, 4.69) is 9.38 Å². The summed E-state index contributed by atoms with van der Waals surface area (Å²) in [6.07, 6.45) is 2.62. The molecule has 1 saturated heterocycles. The van der Waals surface area contributed by atoms with E-state index in [0.717, 1.165) is 11.6 Å². The summed E-state index contributed by atoms with van der Waals surface area (Å²) in [6, 6.07) is 3.66. The molecule has 2 aliphatic carbocycles. The van der Waals surface area contributed by atoms with Gasteiger partial charge >= 0.3 is 6.09 Å². The summed E-state index contributed by atoms with van der Waals surface area (Å²) >= 11 is 0. The number of amides is 1. The summed E-state index contributed by atoms with van der Waals surface area (Å²) in [7, 11) is -2.47. The second-order valence-corrected chi connectivity index (χ2v) is 11.1. The molecule has 0 N–H and O–H groups in total. The minimum atomic E-state index is -3.77. The van der Waals surface area contributed by atoms with E-state index >= 15 is 8.78 Å². The number of carbonyl (C=O) groups excluding carboxylic acids is 1. The average Bonchev–Trinajstić information content (AvgIpc) is 3.63. The van der Waals surface area contributed by atoms with E-state index in [4.69, 9.17) is 9.47 Å². The van der Waals surface area contributed by atoms with Crippen molar-refractivity contribution < 1.29 is 31.5 Å². The van der Waals surface area contributed by atoms with Crippen LogP contribution in [-0.2, 0) is 25.9 Å². The average molecular weight is 521 g/mol. The van der Waals surface area contributed by atoms with Gasteiger partial charge in [-0.2, -0.15) is 4.40 Å². The van der Waals surface area contributed by atoms with Gasteiger partial charge in [0.2, 0.25) is 0 Å². The molecule has 36 heavy (non-hydrogen) atoms. The van der Waals surface area contributed by atoms with Crippen molar-refractivity contribution in [2.75, 3.05) is 26.8 Å². The predicted molar refractivity (Wildman–Crippen MR) is 129 cm³/mol. The number of hydrogen-bond acceptors (Lipinski definition) is 6. The number of ether oxygens (including phenoxy) is 2. The summed E-state index contributed by atoms with van der Waals surface area (Å²) in [5, 5.41) is -0.566. The van der Waals surface area contributed by atoms with Crippen molar-refractivity contribution in [2.24, 2.45) is 4.40 Å². The molecule has 2 fully saturated rings. The van der Waals surface area contributed by atoms with Gasteiger partial charge in [0.1, 0.15) is 17.3 Å². The first-order valence-corrected chi connectivity index (χ1v) is 13.2. The van der Waals surface area contributed by atoms with Gasteiger partial charge < -0.3 is 18.8 Å². The Kier molecular flexibility index (Phi) is 6.41. The van der Waals surface area contributed by atoms with E-state index in [1.165, 1.54) is 12.0 Å². The van der Waals surface area contributed by atoms with Crippen molar-refractivity contribution >= 4 is 33.0 Å². The van der Waals surface area contributed by atoms with Crippen molar-refractivity contribution in [3.05, 3.63) is 53.0 Å². The van der Waals surface area contributed by atoms with Crippen LogP contribution in [0.5, 0.6) is 0 Å². The van der Waals surface area contributed by atoms with E-state index in [1.807, 2.05) is 13.0 Å². The molecule has 3 aliphatic rings. The minimum absolute atomic E-state index is 0.106. The molecule has 0 aromatic carbocycles. The first-order valence-electron chi connectivity index (χ1n) is 11.7. The van der Waals surface area contributed by atoms with Gasteiger partial charge in [-0.05, 0) is 43.5 Å². The fourth-order valence-electron chi connectivity index (χ4n) is 4.50. The van der Waals surface area contributed by atoms with Crippen molar-refractivity contribution in [3.63, 3.8) is 0 Å². The number of aryl methyl sites for hydroxylation is 1. The molecule has 12 heteroatoms. The highest BCUT2D eigenvalue weighted by molar-refractivity contribution is 7.91. The van der Waals surface area contributed by atoms with Crippen LogP contribution in [-0.4, -0.2) is 72.7 Å². The lowest BCUT2D eigenvalue weighted by atomic mass is 9.97. The van der Waals surface area contributed by atoms with Crippen LogP contribution < -0.4 is 0 Å². The van der Waals surface area contributed by atoms with E-state index in [9.17, 15) is 13.2 Å². The Balaban J connectivity index is 1.52. The number of morpholine rings is 1. The number of methoxy groups -OCH3 is 1.